The standard InChI is InChI=1S/C20H30N4O/c1-4-6-20(25)21-16-7-8-18-17(13-16)22-19(24(18)5-2)14-23-11-9-15(3)10-12-23/h7-8,13,15H,4-6,9-12,14H2,1-3H3,(H,21,25). The fraction of sp³-hybridized carbons (Fsp3) is 0.600. The van der Waals surface area contributed by atoms with Crippen molar-refractivity contribution < 1.29 is 4.79 Å². The van der Waals surface area contributed by atoms with E-state index < -0.39 is 0 Å². The van der Waals surface area contributed by atoms with Crippen LogP contribution in [0.15, 0.2) is 18.2 Å². The maximum Gasteiger partial charge on any atom is 0.224 e. The maximum atomic E-state index is 11.8. The number of hydrogen-bond donors (Lipinski definition) is 1. The van der Waals surface area contributed by atoms with Crippen molar-refractivity contribution in [1.29, 1.82) is 0 Å². The molecule has 1 aromatic carbocycles. The number of carbonyl (C=O) groups excluding carboxylic acids is 1. The molecular formula is C20H30N4O. The zero-order valence-electron chi connectivity index (χ0n) is 15.7. The molecular weight excluding hydrogens is 312 g/mol. The molecule has 0 radical (unpaired) electrons. The zero-order valence-corrected chi connectivity index (χ0v) is 15.7. The molecule has 2 heterocycles. The van der Waals surface area contributed by atoms with E-state index in [0.29, 0.717) is 6.42 Å². The highest BCUT2D eigenvalue weighted by atomic mass is 16.1. The van der Waals surface area contributed by atoms with Gasteiger partial charge in [-0.3, -0.25) is 9.69 Å². The lowest BCUT2D eigenvalue weighted by molar-refractivity contribution is -0.116. The molecule has 3 rings (SSSR count). The third kappa shape index (κ3) is 4.21. The van der Waals surface area contributed by atoms with Crippen LogP contribution in [0.2, 0.25) is 0 Å². The second-order valence-corrected chi connectivity index (χ2v) is 7.23. The number of aromatic nitrogens is 2. The van der Waals surface area contributed by atoms with Crippen molar-refractivity contribution in [3.8, 4) is 0 Å². The van der Waals surface area contributed by atoms with E-state index >= 15 is 0 Å². The predicted molar refractivity (Wildman–Crippen MR) is 103 cm³/mol. The smallest absolute Gasteiger partial charge is 0.224 e. The molecule has 1 saturated heterocycles. The fourth-order valence-electron chi connectivity index (χ4n) is 3.60. The Balaban J connectivity index is 1.80. The van der Waals surface area contributed by atoms with Crippen LogP contribution in [0.5, 0.6) is 0 Å². The normalized spacial score (nSPS) is 16.4. The third-order valence-corrected chi connectivity index (χ3v) is 5.15. The molecule has 0 unspecified atom stereocenters. The van der Waals surface area contributed by atoms with Crippen LogP contribution in [0, 0.1) is 5.92 Å². The molecule has 5 heteroatoms. The van der Waals surface area contributed by atoms with Crippen molar-refractivity contribution in [2.24, 2.45) is 5.92 Å². The Morgan fingerprint density at radius 2 is 2.04 bits per heavy atom. The Labute approximate surface area is 150 Å². The van der Waals surface area contributed by atoms with E-state index in [2.05, 4.69) is 34.7 Å². The zero-order chi connectivity index (χ0) is 17.8. The van der Waals surface area contributed by atoms with Crippen LogP contribution in [0.3, 0.4) is 0 Å². The molecule has 1 N–H and O–H groups in total. The van der Waals surface area contributed by atoms with Gasteiger partial charge in [0.2, 0.25) is 5.91 Å². The van der Waals surface area contributed by atoms with Crippen LogP contribution in [-0.4, -0.2) is 33.4 Å². The predicted octanol–water partition coefficient (Wildman–Crippen LogP) is 4.03. The summed E-state index contributed by atoms with van der Waals surface area (Å²) in [6.45, 7) is 10.7. The number of amides is 1. The Morgan fingerprint density at radius 3 is 2.72 bits per heavy atom. The molecule has 0 saturated carbocycles. The second-order valence-electron chi connectivity index (χ2n) is 7.23. The SMILES string of the molecule is CCCC(=O)Nc1ccc2c(c1)nc(CN1CCC(C)CC1)n2CC. The summed E-state index contributed by atoms with van der Waals surface area (Å²) in [7, 11) is 0. The highest BCUT2D eigenvalue weighted by molar-refractivity contribution is 5.93. The Bertz CT molecular complexity index is 729. The van der Waals surface area contributed by atoms with Gasteiger partial charge < -0.3 is 9.88 Å². The van der Waals surface area contributed by atoms with E-state index in [9.17, 15) is 4.79 Å². The van der Waals surface area contributed by atoms with Crippen LogP contribution in [0.1, 0.15) is 52.3 Å². The summed E-state index contributed by atoms with van der Waals surface area (Å²) >= 11 is 0. The van der Waals surface area contributed by atoms with Gasteiger partial charge in [0.1, 0.15) is 5.82 Å². The van der Waals surface area contributed by atoms with E-state index in [1.807, 2.05) is 19.1 Å². The highest BCUT2D eigenvalue weighted by Crippen LogP contribution is 2.23. The maximum absolute atomic E-state index is 11.8. The Morgan fingerprint density at radius 1 is 1.28 bits per heavy atom. The minimum atomic E-state index is 0.0689. The quantitative estimate of drug-likeness (QED) is 0.862. The molecule has 0 aliphatic carbocycles. The minimum Gasteiger partial charge on any atom is -0.327 e. The highest BCUT2D eigenvalue weighted by Gasteiger charge is 2.19. The number of hydrogen-bond acceptors (Lipinski definition) is 3. The molecule has 0 atom stereocenters. The van der Waals surface area contributed by atoms with Crippen molar-refractivity contribution in [3.05, 3.63) is 24.0 Å². The first-order valence-corrected chi connectivity index (χ1v) is 9.62. The van der Waals surface area contributed by atoms with Crippen molar-refractivity contribution in [1.82, 2.24) is 14.5 Å². The van der Waals surface area contributed by atoms with Crippen LogP contribution in [-0.2, 0) is 17.9 Å². The van der Waals surface area contributed by atoms with Gasteiger partial charge in [0.05, 0.1) is 17.6 Å². The largest absolute Gasteiger partial charge is 0.327 e. The average molecular weight is 342 g/mol. The van der Waals surface area contributed by atoms with Crippen LogP contribution < -0.4 is 5.32 Å². The summed E-state index contributed by atoms with van der Waals surface area (Å²) in [6, 6.07) is 6.06. The van der Waals surface area contributed by atoms with E-state index in [-0.39, 0.29) is 5.91 Å². The lowest BCUT2D eigenvalue weighted by atomic mass is 9.99. The number of rotatable bonds is 6. The number of nitrogens with zero attached hydrogens (tertiary/aromatic N) is 3. The molecule has 1 amide bonds. The topological polar surface area (TPSA) is 50.2 Å². The Hall–Kier alpha value is -1.88. The van der Waals surface area contributed by atoms with Crippen LogP contribution >= 0.6 is 0 Å². The van der Waals surface area contributed by atoms with E-state index in [1.165, 1.54) is 12.8 Å². The first kappa shape index (κ1) is 17.9. The van der Waals surface area contributed by atoms with Gasteiger partial charge in [-0.15, -0.1) is 0 Å². The number of benzene rings is 1. The summed E-state index contributed by atoms with van der Waals surface area (Å²) < 4.78 is 2.30. The van der Waals surface area contributed by atoms with E-state index in [1.54, 1.807) is 0 Å². The van der Waals surface area contributed by atoms with Gasteiger partial charge in [-0.2, -0.15) is 0 Å². The summed E-state index contributed by atoms with van der Waals surface area (Å²) in [5.74, 6) is 2.04. The number of nitrogens with one attached hydrogen (secondary N) is 1. The molecule has 1 fully saturated rings. The molecule has 1 aliphatic heterocycles. The molecule has 2 aromatic rings. The summed E-state index contributed by atoms with van der Waals surface area (Å²) in [5.41, 5.74) is 2.96. The fourth-order valence-corrected chi connectivity index (χ4v) is 3.60. The van der Waals surface area contributed by atoms with Crippen molar-refractivity contribution >= 4 is 22.6 Å². The van der Waals surface area contributed by atoms with Crippen molar-refractivity contribution in [3.63, 3.8) is 0 Å². The molecule has 136 valence electrons. The summed E-state index contributed by atoms with van der Waals surface area (Å²) in [5, 5.41) is 2.97. The molecule has 1 aromatic heterocycles. The number of fused-ring (bicyclic) bond motifs is 1. The van der Waals surface area contributed by atoms with Gasteiger partial charge in [0.15, 0.2) is 0 Å². The number of imidazole rings is 1. The van der Waals surface area contributed by atoms with Gasteiger partial charge in [-0.25, -0.2) is 4.98 Å². The number of likely N-dealkylation sites (tertiary alicyclic amines) is 1. The van der Waals surface area contributed by atoms with E-state index in [0.717, 1.165) is 61.1 Å². The number of aryl methyl sites for hydroxylation is 1. The Kier molecular flexibility index (Phi) is 5.74. The average Bonchev–Trinajstić information content (AvgIpc) is 2.93. The summed E-state index contributed by atoms with van der Waals surface area (Å²) in [6.07, 6.45) is 3.97. The van der Waals surface area contributed by atoms with Crippen molar-refractivity contribution in [2.75, 3.05) is 18.4 Å². The van der Waals surface area contributed by atoms with Gasteiger partial charge in [0.25, 0.3) is 0 Å². The van der Waals surface area contributed by atoms with E-state index in [4.69, 9.17) is 4.98 Å². The summed E-state index contributed by atoms with van der Waals surface area (Å²) in [4.78, 5) is 19.2. The second kappa shape index (κ2) is 8.00. The molecule has 0 bridgehead atoms. The van der Waals surface area contributed by atoms with Crippen LogP contribution in [0.4, 0.5) is 5.69 Å². The third-order valence-electron chi connectivity index (χ3n) is 5.15. The number of anilines is 1. The molecule has 25 heavy (non-hydrogen) atoms. The van der Waals surface area contributed by atoms with Crippen molar-refractivity contribution in [2.45, 2.75) is 59.5 Å². The first-order valence-electron chi connectivity index (χ1n) is 9.62. The monoisotopic (exact) mass is 342 g/mol. The lowest BCUT2D eigenvalue weighted by Gasteiger charge is -2.29. The van der Waals surface area contributed by atoms with Crippen LogP contribution in [0.25, 0.3) is 11.0 Å². The molecule has 1 aliphatic rings. The first-order chi connectivity index (χ1) is 12.1. The minimum absolute atomic E-state index is 0.0689. The van der Waals surface area contributed by atoms with Gasteiger partial charge in [0, 0.05) is 18.7 Å². The van der Waals surface area contributed by atoms with Gasteiger partial charge in [-0.1, -0.05) is 13.8 Å². The lowest BCUT2D eigenvalue weighted by Crippen LogP contribution is -2.33. The van der Waals surface area contributed by atoms with Gasteiger partial charge in [-0.05, 0) is 63.4 Å². The molecule has 5 nitrogen and oxygen atoms in total. The number of piperidine rings is 1. The number of carbonyl (C=O) groups is 1. The van der Waals surface area contributed by atoms with Gasteiger partial charge >= 0.3 is 0 Å². The molecule has 0 spiro atoms.